The van der Waals surface area contributed by atoms with Crippen molar-refractivity contribution in [2.24, 2.45) is 16.6 Å². The molecule has 0 aromatic rings. The molecule has 0 aromatic carbocycles. The summed E-state index contributed by atoms with van der Waals surface area (Å²) in [6.07, 6.45) is 1.51. The van der Waals surface area contributed by atoms with Crippen LogP contribution >= 0.6 is 0 Å². The maximum atomic E-state index is 11.3. The molecule has 0 saturated carbocycles. The molecule has 0 aromatic heterocycles. The fourth-order valence-electron chi connectivity index (χ4n) is 3.45. The number of aliphatic carboxylic acids is 1. The van der Waals surface area contributed by atoms with E-state index in [1.54, 1.807) is 13.8 Å². The molecule has 0 aliphatic rings. The minimum atomic E-state index is -0.757. The normalized spacial score (nSPS) is 14.4. The predicted molar refractivity (Wildman–Crippen MR) is 84.8 cm³/mol. The number of carbonyl (C=O) groups is 1. The van der Waals surface area contributed by atoms with Gasteiger partial charge in [-0.1, -0.05) is 13.8 Å². The van der Waals surface area contributed by atoms with Crippen LogP contribution in [-0.4, -0.2) is 28.7 Å². The van der Waals surface area contributed by atoms with Crippen LogP contribution in [0.2, 0.25) is 0 Å². The van der Waals surface area contributed by atoms with Crippen LogP contribution in [0.1, 0.15) is 68.2 Å². The molecule has 4 heteroatoms. The highest BCUT2D eigenvalue weighted by Gasteiger charge is 2.38. The van der Waals surface area contributed by atoms with E-state index in [1.165, 1.54) is 0 Å². The first kappa shape index (κ1) is 19.4. The van der Waals surface area contributed by atoms with Gasteiger partial charge in [-0.2, -0.15) is 0 Å². The Morgan fingerprint density at radius 3 is 1.70 bits per heavy atom. The van der Waals surface area contributed by atoms with Gasteiger partial charge in [0, 0.05) is 11.1 Å². The lowest BCUT2D eigenvalue weighted by Crippen LogP contribution is -2.56. The van der Waals surface area contributed by atoms with Crippen molar-refractivity contribution in [1.82, 2.24) is 5.32 Å². The lowest BCUT2D eigenvalue weighted by atomic mass is 9.76. The Morgan fingerprint density at radius 2 is 1.35 bits per heavy atom. The Morgan fingerprint density at radius 1 is 0.950 bits per heavy atom. The second-order valence-corrected chi connectivity index (χ2v) is 8.80. The Balaban J connectivity index is 4.86. The lowest BCUT2D eigenvalue weighted by molar-refractivity contribution is -0.148. The highest BCUT2D eigenvalue weighted by Crippen LogP contribution is 2.32. The fourth-order valence-corrected chi connectivity index (χ4v) is 3.45. The van der Waals surface area contributed by atoms with E-state index < -0.39 is 11.4 Å². The van der Waals surface area contributed by atoms with E-state index in [0.717, 1.165) is 6.42 Å². The summed E-state index contributed by atoms with van der Waals surface area (Å²) in [5.41, 5.74) is 4.79. The maximum Gasteiger partial charge on any atom is 0.309 e. The fraction of sp³-hybridized carbons (Fsp3) is 0.938. The number of carboxylic acid groups (broad SMARTS) is 1. The summed E-state index contributed by atoms with van der Waals surface area (Å²) in [6.45, 7) is 16.9. The van der Waals surface area contributed by atoms with Gasteiger partial charge in [-0.05, 0) is 66.3 Å². The van der Waals surface area contributed by atoms with Crippen molar-refractivity contribution in [2.45, 2.75) is 79.3 Å². The van der Waals surface area contributed by atoms with Crippen LogP contribution in [0, 0.1) is 10.8 Å². The molecule has 0 saturated heterocycles. The molecular weight excluding hydrogens is 252 g/mol. The Hall–Kier alpha value is -0.610. The number of hydrogen-bond acceptors (Lipinski definition) is 3. The van der Waals surface area contributed by atoms with E-state index in [4.69, 9.17) is 5.73 Å². The smallest absolute Gasteiger partial charge is 0.309 e. The van der Waals surface area contributed by atoms with Crippen LogP contribution in [0.3, 0.4) is 0 Å². The van der Waals surface area contributed by atoms with E-state index in [-0.39, 0.29) is 16.5 Å². The van der Waals surface area contributed by atoms with Crippen molar-refractivity contribution in [1.29, 1.82) is 0 Å². The van der Waals surface area contributed by atoms with Crippen LogP contribution in [0.25, 0.3) is 0 Å². The molecule has 0 aliphatic carbocycles. The Labute approximate surface area is 124 Å². The monoisotopic (exact) mass is 286 g/mol. The minimum absolute atomic E-state index is 0.0644. The number of nitrogens with two attached hydrogens (primary N) is 1. The molecule has 20 heavy (non-hydrogen) atoms. The van der Waals surface area contributed by atoms with Gasteiger partial charge in [0.05, 0.1) is 5.41 Å². The first-order chi connectivity index (χ1) is 8.63. The van der Waals surface area contributed by atoms with Gasteiger partial charge in [-0.25, -0.2) is 0 Å². The van der Waals surface area contributed by atoms with Gasteiger partial charge >= 0.3 is 5.97 Å². The summed E-state index contributed by atoms with van der Waals surface area (Å²) in [7, 11) is 0. The highest BCUT2D eigenvalue weighted by atomic mass is 16.4. The van der Waals surface area contributed by atoms with Gasteiger partial charge in [-0.15, -0.1) is 0 Å². The zero-order valence-corrected chi connectivity index (χ0v) is 14.6. The Kier molecular flexibility index (Phi) is 5.84. The van der Waals surface area contributed by atoms with Crippen molar-refractivity contribution in [3.05, 3.63) is 0 Å². The molecular formula is C16H34N2O2. The third kappa shape index (κ3) is 6.71. The molecule has 4 N–H and O–H groups in total. The van der Waals surface area contributed by atoms with Crippen LogP contribution in [0.5, 0.6) is 0 Å². The molecule has 0 fully saturated rings. The second kappa shape index (κ2) is 6.02. The molecule has 0 aliphatic heterocycles. The molecule has 0 rings (SSSR count). The van der Waals surface area contributed by atoms with Crippen LogP contribution in [-0.2, 0) is 4.79 Å². The quantitative estimate of drug-likeness (QED) is 0.641. The molecule has 0 spiro atoms. The first-order valence-corrected chi connectivity index (χ1v) is 7.35. The van der Waals surface area contributed by atoms with E-state index in [9.17, 15) is 9.90 Å². The van der Waals surface area contributed by atoms with E-state index in [0.29, 0.717) is 13.0 Å². The highest BCUT2D eigenvalue weighted by molar-refractivity contribution is 5.73. The average molecular weight is 286 g/mol. The van der Waals surface area contributed by atoms with Crippen molar-refractivity contribution in [3.63, 3.8) is 0 Å². The van der Waals surface area contributed by atoms with Gasteiger partial charge in [0.15, 0.2) is 0 Å². The summed E-state index contributed by atoms with van der Waals surface area (Å²) in [6, 6.07) is 0. The summed E-state index contributed by atoms with van der Waals surface area (Å²) in [5, 5.41) is 12.9. The van der Waals surface area contributed by atoms with Gasteiger partial charge in [0.25, 0.3) is 0 Å². The van der Waals surface area contributed by atoms with Gasteiger partial charge in [-0.3, -0.25) is 4.79 Å². The van der Waals surface area contributed by atoms with Crippen LogP contribution in [0.15, 0.2) is 0 Å². The SMILES string of the molecule is CC(C)(CN)CC(C)(C)NC(C)(C)CC(C)(C)C(=O)O. The third-order valence-corrected chi connectivity index (χ3v) is 3.61. The standard InChI is InChI=1S/C16H34N2O2/c1-13(2,11-17)9-15(5,6)18-16(7,8)10-14(3,4)12(19)20/h18H,9-11,17H2,1-8H3,(H,19,20). The molecule has 0 bridgehead atoms. The second-order valence-electron chi connectivity index (χ2n) is 8.80. The topological polar surface area (TPSA) is 75.3 Å². The summed E-state index contributed by atoms with van der Waals surface area (Å²) in [5.74, 6) is -0.757. The minimum Gasteiger partial charge on any atom is -0.481 e. The molecule has 0 radical (unpaired) electrons. The zero-order chi connectivity index (χ0) is 16.4. The van der Waals surface area contributed by atoms with E-state index >= 15 is 0 Å². The van der Waals surface area contributed by atoms with Crippen LogP contribution < -0.4 is 11.1 Å². The van der Waals surface area contributed by atoms with Crippen molar-refractivity contribution >= 4 is 5.97 Å². The van der Waals surface area contributed by atoms with Crippen LogP contribution in [0.4, 0.5) is 0 Å². The Bertz CT molecular complexity index is 344. The largest absolute Gasteiger partial charge is 0.481 e. The van der Waals surface area contributed by atoms with Gasteiger partial charge < -0.3 is 16.2 Å². The van der Waals surface area contributed by atoms with Crippen molar-refractivity contribution < 1.29 is 9.90 Å². The molecule has 4 nitrogen and oxygen atoms in total. The number of hydrogen-bond donors (Lipinski definition) is 3. The average Bonchev–Trinajstić information content (AvgIpc) is 2.11. The van der Waals surface area contributed by atoms with Gasteiger partial charge in [0.2, 0.25) is 0 Å². The van der Waals surface area contributed by atoms with E-state index in [2.05, 4.69) is 46.9 Å². The molecule has 120 valence electrons. The molecule has 0 amide bonds. The molecule has 0 heterocycles. The van der Waals surface area contributed by atoms with E-state index in [1.807, 2.05) is 0 Å². The molecule has 0 unspecified atom stereocenters. The first-order valence-electron chi connectivity index (χ1n) is 7.35. The number of carboxylic acids is 1. The predicted octanol–water partition coefficient (Wildman–Crippen LogP) is 3.01. The number of nitrogens with one attached hydrogen (secondary N) is 1. The number of rotatable bonds is 8. The maximum absolute atomic E-state index is 11.3. The van der Waals surface area contributed by atoms with Gasteiger partial charge in [0.1, 0.15) is 0 Å². The zero-order valence-electron chi connectivity index (χ0n) is 14.6. The van der Waals surface area contributed by atoms with Crippen molar-refractivity contribution in [2.75, 3.05) is 6.54 Å². The summed E-state index contributed by atoms with van der Waals surface area (Å²) < 4.78 is 0. The molecule has 0 atom stereocenters. The van der Waals surface area contributed by atoms with Crippen molar-refractivity contribution in [3.8, 4) is 0 Å². The third-order valence-electron chi connectivity index (χ3n) is 3.61. The lowest BCUT2D eigenvalue weighted by Gasteiger charge is -2.43. The summed E-state index contributed by atoms with van der Waals surface area (Å²) in [4.78, 5) is 11.3. The summed E-state index contributed by atoms with van der Waals surface area (Å²) >= 11 is 0.